The van der Waals surface area contributed by atoms with Crippen molar-refractivity contribution in [2.45, 2.75) is 11.1 Å². The molecule has 1 atom stereocenters. The summed E-state index contributed by atoms with van der Waals surface area (Å²) in [6, 6.07) is 0. The second-order valence-corrected chi connectivity index (χ2v) is 3.61. The zero-order valence-corrected chi connectivity index (χ0v) is 8.52. The molecular weight excluding hydrogens is 222 g/mol. The Morgan fingerprint density at radius 2 is 2.33 bits per heavy atom. The lowest BCUT2D eigenvalue weighted by atomic mass is 10.4. The van der Waals surface area contributed by atoms with Gasteiger partial charge in [0.25, 0.3) is 0 Å². The van der Waals surface area contributed by atoms with Crippen molar-refractivity contribution in [3.05, 3.63) is 5.69 Å². The average Bonchev–Trinajstić information content (AvgIpc) is 2.72. The number of nitrogens with zero attached hydrogens (tertiary/aromatic N) is 3. The van der Waals surface area contributed by atoms with Gasteiger partial charge in [-0.3, -0.25) is 0 Å². The zero-order valence-electron chi connectivity index (χ0n) is 7.70. The van der Waals surface area contributed by atoms with Crippen LogP contribution in [0, 0.1) is 0 Å². The van der Waals surface area contributed by atoms with Crippen molar-refractivity contribution in [2.75, 3.05) is 12.3 Å². The standard InChI is InChI=1S/C6H11N5O3S/c7-1-3(12)2-15-6-4(5(8)9-13)10-14-11-6/h3,12-13H,1-2,7H2,(H2,8,9). The molecule has 1 rings (SSSR count). The molecule has 6 N–H and O–H groups in total. The number of thioether (sulfide) groups is 1. The van der Waals surface area contributed by atoms with Gasteiger partial charge in [-0.05, 0) is 10.3 Å². The second-order valence-electron chi connectivity index (χ2n) is 2.60. The van der Waals surface area contributed by atoms with Crippen molar-refractivity contribution in [3.63, 3.8) is 0 Å². The van der Waals surface area contributed by atoms with Crippen molar-refractivity contribution >= 4 is 17.6 Å². The van der Waals surface area contributed by atoms with Gasteiger partial charge in [-0.1, -0.05) is 16.9 Å². The third-order valence-electron chi connectivity index (χ3n) is 1.49. The van der Waals surface area contributed by atoms with Gasteiger partial charge in [-0.2, -0.15) is 0 Å². The first-order chi connectivity index (χ1) is 7.19. The Morgan fingerprint density at radius 3 is 2.93 bits per heavy atom. The number of aliphatic hydroxyl groups is 1. The lowest BCUT2D eigenvalue weighted by Gasteiger charge is -2.04. The number of oxime groups is 1. The van der Waals surface area contributed by atoms with Crippen LogP contribution in [0.25, 0.3) is 0 Å². The number of amidine groups is 1. The van der Waals surface area contributed by atoms with E-state index in [4.69, 9.17) is 16.7 Å². The maximum absolute atomic E-state index is 9.21. The molecule has 0 radical (unpaired) electrons. The second kappa shape index (κ2) is 5.53. The van der Waals surface area contributed by atoms with Crippen molar-refractivity contribution in [2.24, 2.45) is 16.6 Å². The van der Waals surface area contributed by atoms with Gasteiger partial charge in [-0.15, -0.1) is 0 Å². The maximum atomic E-state index is 9.21. The van der Waals surface area contributed by atoms with Crippen LogP contribution in [0.2, 0.25) is 0 Å². The molecule has 0 saturated carbocycles. The fourth-order valence-electron chi connectivity index (χ4n) is 0.722. The molecule has 1 aromatic rings. The van der Waals surface area contributed by atoms with Crippen molar-refractivity contribution in [1.29, 1.82) is 0 Å². The van der Waals surface area contributed by atoms with Crippen LogP contribution in [-0.2, 0) is 0 Å². The summed E-state index contributed by atoms with van der Waals surface area (Å²) >= 11 is 1.16. The minimum absolute atomic E-state index is 0.145. The Hall–Kier alpha value is -1.32. The van der Waals surface area contributed by atoms with E-state index in [0.717, 1.165) is 11.8 Å². The van der Waals surface area contributed by atoms with Gasteiger partial charge in [0.05, 0.1) is 6.10 Å². The lowest BCUT2D eigenvalue weighted by molar-refractivity contribution is 0.208. The molecule has 0 aliphatic heterocycles. The number of hydrogen-bond acceptors (Lipinski definition) is 8. The van der Waals surface area contributed by atoms with E-state index in [2.05, 4.69) is 20.1 Å². The summed E-state index contributed by atoms with van der Waals surface area (Å²) < 4.78 is 4.43. The van der Waals surface area contributed by atoms with Crippen LogP contribution in [0.3, 0.4) is 0 Å². The molecule has 8 nitrogen and oxygen atoms in total. The zero-order chi connectivity index (χ0) is 11.3. The van der Waals surface area contributed by atoms with Gasteiger partial charge >= 0.3 is 0 Å². The normalized spacial score (nSPS) is 14.1. The van der Waals surface area contributed by atoms with E-state index in [-0.39, 0.29) is 18.1 Å². The Morgan fingerprint density at radius 1 is 1.60 bits per heavy atom. The molecule has 15 heavy (non-hydrogen) atoms. The predicted octanol–water partition coefficient (Wildman–Crippen LogP) is -1.42. The van der Waals surface area contributed by atoms with E-state index in [1.54, 1.807) is 0 Å². The van der Waals surface area contributed by atoms with Crippen LogP contribution in [-0.4, -0.2) is 44.9 Å². The van der Waals surface area contributed by atoms with Gasteiger partial charge in [-0.25, -0.2) is 4.63 Å². The van der Waals surface area contributed by atoms with Crippen LogP contribution in [0.15, 0.2) is 14.8 Å². The molecule has 1 aromatic heterocycles. The van der Waals surface area contributed by atoms with Gasteiger partial charge < -0.3 is 21.8 Å². The highest BCUT2D eigenvalue weighted by Crippen LogP contribution is 2.19. The number of aliphatic hydroxyl groups excluding tert-OH is 1. The Labute approximate surface area is 89.3 Å². The molecule has 0 amide bonds. The van der Waals surface area contributed by atoms with Gasteiger partial charge in [0.15, 0.2) is 16.6 Å². The number of aromatic nitrogens is 2. The predicted molar refractivity (Wildman–Crippen MR) is 52.6 cm³/mol. The average molecular weight is 233 g/mol. The number of nitrogens with two attached hydrogens (primary N) is 2. The molecule has 0 aliphatic carbocycles. The van der Waals surface area contributed by atoms with Gasteiger partial charge in [0.1, 0.15) is 0 Å². The highest BCUT2D eigenvalue weighted by Gasteiger charge is 2.16. The largest absolute Gasteiger partial charge is 0.409 e. The van der Waals surface area contributed by atoms with E-state index in [9.17, 15) is 5.11 Å². The van der Waals surface area contributed by atoms with Crippen LogP contribution in [0.5, 0.6) is 0 Å². The number of hydrogen-bond donors (Lipinski definition) is 4. The molecule has 0 spiro atoms. The quantitative estimate of drug-likeness (QED) is 0.159. The first-order valence-corrected chi connectivity index (χ1v) is 4.99. The molecule has 0 aliphatic rings. The monoisotopic (exact) mass is 233 g/mol. The van der Waals surface area contributed by atoms with E-state index in [0.29, 0.717) is 10.8 Å². The Balaban J connectivity index is 2.65. The first kappa shape index (κ1) is 11.8. The fourth-order valence-corrected chi connectivity index (χ4v) is 1.57. The van der Waals surface area contributed by atoms with Crippen LogP contribution >= 0.6 is 11.8 Å². The minimum Gasteiger partial charge on any atom is -0.409 e. The van der Waals surface area contributed by atoms with Crippen molar-refractivity contribution in [3.8, 4) is 0 Å². The van der Waals surface area contributed by atoms with E-state index >= 15 is 0 Å². The summed E-state index contributed by atoms with van der Waals surface area (Å²) in [5, 5.41) is 27.8. The Kier molecular flexibility index (Phi) is 4.34. The summed E-state index contributed by atoms with van der Waals surface area (Å²) in [5.41, 5.74) is 10.7. The summed E-state index contributed by atoms with van der Waals surface area (Å²) in [7, 11) is 0. The minimum atomic E-state index is -0.646. The fraction of sp³-hybridized carbons (Fsp3) is 0.500. The summed E-state index contributed by atoms with van der Waals surface area (Å²) in [4.78, 5) is 0. The molecule has 84 valence electrons. The van der Waals surface area contributed by atoms with E-state index in [1.165, 1.54) is 0 Å². The highest BCUT2D eigenvalue weighted by molar-refractivity contribution is 7.99. The summed E-state index contributed by atoms with van der Waals surface area (Å²) in [6.07, 6.45) is -0.646. The maximum Gasteiger partial charge on any atom is 0.195 e. The lowest BCUT2D eigenvalue weighted by Crippen LogP contribution is -2.22. The van der Waals surface area contributed by atoms with E-state index < -0.39 is 6.10 Å². The SMILES string of the molecule is NCC(O)CSc1nonc1/C(N)=N/O. The van der Waals surface area contributed by atoms with E-state index in [1.807, 2.05) is 0 Å². The molecule has 0 aromatic carbocycles. The molecule has 0 saturated heterocycles. The van der Waals surface area contributed by atoms with Crippen LogP contribution in [0.1, 0.15) is 5.69 Å². The Bertz CT molecular complexity index is 341. The van der Waals surface area contributed by atoms with Crippen LogP contribution in [0.4, 0.5) is 0 Å². The molecule has 1 unspecified atom stereocenters. The van der Waals surface area contributed by atoms with Crippen molar-refractivity contribution in [1.82, 2.24) is 10.3 Å². The topological polar surface area (TPSA) is 144 Å². The first-order valence-electron chi connectivity index (χ1n) is 4.00. The molecule has 9 heteroatoms. The molecule has 0 bridgehead atoms. The van der Waals surface area contributed by atoms with Crippen molar-refractivity contribution < 1.29 is 14.9 Å². The highest BCUT2D eigenvalue weighted by atomic mass is 32.2. The summed E-state index contributed by atoms with van der Waals surface area (Å²) in [5.74, 6) is 0.136. The number of rotatable bonds is 5. The third-order valence-corrected chi connectivity index (χ3v) is 2.59. The molecule has 1 heterocycles. The summed E-state index contributed by atoms with van der Waals surface area (Å²) in [6.45, 7) is 0.150. The molecular formula is C6H11N5O3S. The smallest absolute Gasteiger partial charge is 0.195 e. The third kappa shape index (κ3) is 3.08. The van der Waals surface area contributed by atoms with Gasteiger partial charge in [0.2, 0.25) is 0 Å². The van der Waals surface area contributed by atoms with Crippen LogP contribution < -0.4 is 11.5 Å². The van der Waals surface area contributed by atoms with Gasteiger partial charge in [0, 0.05) is 12.3 Å². The molecule has 0 fully saturated rings.